The molecule has 0 radical (unpaired) electrons. The van der Waals surface area contributed by atoms with Crippen molar-refractivity contribution in [3.8, 4) is 0 Å². The van der Waals surface area contributed by atoms with Crippen LogP contribution in [-0.4, -0.2) is 32.7 Å². The van der Waals surface area contributed by atoms with Crippen molar-refractivity contribution >= 4 is 33.4 Å². The van der Waals surface area contributed by atoms with Crippen LogP contribution in [0.25, 0.3) is 0 Å². The number of hydrogen-bond acceptors (Lipinski definition) is 4. The summed E-state index contributed by atoms with van der Waals surface area (Å²) >= 11 is 1.49. The molecule has 0 atom stereocenters. The molecule has 0 heterocycles. The topological polar surface area (TPSA) is 66.5 Å². The zero-order valence-electron chi connectivity index (χ0n) is 15.7. The van der Waals surface area contributed by atoms with Crippen LogP contribution < -0.4 is 9.62 Å². The highest BCUT2D eigenvalue weighted by molar-refractivity contribution is 7.98. The van der Waals surface area contributed by atoms with Gasteiger partial charge in [-0.25, -0.2) is 12.8 Å². The maximum atomic E-state index is 13.7. The monoisotopic (exact) mass is 410 g/mol. The number of nitrogens with one attached hydrogen (secondary N) is 1. The van der Waals surface area contributed by atoms with Crippen molar-refractivity contribution in [2.24, 2.45) is 0 Å². The van der Waals surface area contributed by atoms with Crippen LogP contribution in [0.1, 0.15) is 20.8 Å². The Labute approximate surface area is 164 Å². The van der Waals surface area contributed by atoms with E-state index in [-0.39, 0.29) is 10.6 Å². The van der Waals surface area contributed by atoms with Crippen LogP contribution in [0.5, 0.6) is 0 Å². The Morgan fingerprint density at radius 3 is 2.30 bits per heavy atom. The molecule has 8 heteroatoms. The van der Waals surface area contributed by atoms with E-state index in [9.17, 15) is 17.6 Å². The maximum absolute atomic E-state index is 13.7. The van der Waals surface area contributed by atoms with Gasteiger partial charge in [0.1, 0.15) is 12.4 Å². The second-order valence-electron chi connectivity index (χ2n) is 6.97. The first-order chi connectivity index (χ1) is 12.5. The van der Waals surface area contributed by atoms with Gasteiger partial charge in [-0.1, -0.05) is 6.07 Å². The number of rotatable bonds is 6. The molecule has 0 aliphatic carbocycles. The van der Waals surface area contributed by atoms with Crippen molar-refractivity contribution < 1.29 is 17.6 Å². The molecule has 0 unspecified atom stereocenters. The Morgan fingerprint density at radius 2 is 1.78 bits per heavy atom. The Bertz CT molecular complexity index is 907. The number of anilines is 1. The summed E-state index contributed by atoms with van der Waals surface area (Å²) in [4.78, 5) is 13.3. The van der Waals surface area contributed by atoms with Crippen LogP contribution in [0.15, 0.2) is 58.3 Å². The van der Waals surface area contributed by atoms with Crippen molar-refractivity contribution in [2.75, 3.05) is 17.1 Å². The summed E-state index contributed by atoms with van der Waals surface area (Å²) in [5.74, 6) is -1.06. The lowest BCUT2D eigenvalue weighted by Gasteiger charge is -2.27. The van der Waals surface area contributed by atoms with Gasteiger partial charge in [0.15, 0.2) is 0 Å². The van der Waals surface area contributed by atoms with Crippen LogP contribution in [0, 0.1) is 5.82 Å². The van der Waals surface area contributed by atoms with Gasteiger partial charge in [0, 0.05) is 10.4 Å². The molecule has 0 aromatic heterocycles. The third-order valence-electron chi connectivity index (χ3n) is 3.55. The van der Waals surface area contributed by atoms with Gasteiger partial charge in [0.25, 0.3) is 10.0 Å². The highest BCUT2D eigenvalue weighted by Crippen LogP contribution is 2.26. The highest BCUT2D eigenvalue weighted by Gasteiger charge is 2.28. The predicted molar refractivity (Wildman–Crippen MR) is 107 cm³/mol. The summed E-state index contributed by atoms with van der Waals surface area (Å²) < 4.78 is 40.9. The Hall–Kier alpha value is -2.06. The molecule has 0 bridgehead atoms. The van der Waals surface area contributed by atoms with Crippen molar-refractivity contribution in [3.05, 3.63) is 54.3 Å². The molecule has 0 spiro atoms. The Kier molecular flexibility index (Phi) is 6.54. The standard InChI is InChI=1S/C19H23FN2O3S2/c1-19(2,3)21-18(23)13-22(15-7-5-6-14(20)12-15)27(24,25)17-10-8-16(26-4)9-11-17/h5-12H,13H2,1-4H3,(H,21,23). The van der Waals surface area contributed by atoms with E-state index in [1.807, 2.05) is 6.26 Å². The van der Waals surface area contributed by atoms with E-state index >= 15 is 0 Å². The van der Waals surface area contributed by atoms with E-state index in [4.69, 9.17) is 0 Å². The molecule has 0 aliphatic rings. The molecule has 5 nitrogen and oxygen atoms in total. The molecular weight excluding hydrogens is 387 g/mol. The van der Waals surface area contributed by atoms with Gasteiger partial charge in [0.2, 0.25) is 5.91 Å². The van der Waals surface area contributed by atoms with Gasteiger partial charge in [-0.15, -0.1) is 11.8 Å². The SMILES string of the molecule is CSc1ccc(S(=O)(=O)N(CC(=O)NC(C)(C)C)c2cccc(F)c2)cc1. The summed E-state index contributed by atoms with van der Waals surface area (Å²) in [7, 11) is -4.05. The number of benzene rings is 2. The highest BCUT2D eigenvalue weighted by atomic mass is 32.2. The first kappa shape index (κ1) is 21.2. The minimum atomic E-state index is -4.05. The lowest BCUT2D eigenvalue weighted by atomic mass is 10.1. The number of carbonyl (C=O) groups is 1. The number of thioether (sulfide) groups is 1. The average molecular weight is 411 g/mol. The smallest absolute Gasteiger partial charge is 0.264 e. The van der Waals surface area contributed by atoms with Crippen molar-refractivity contribution in [1.82, 2.24) is 5.32 Å². The fourth-order valence-corrected chi connectivity index (χ4v) is 4.23. The summed E-state index contributed by atoms with van der Waals surface area (Å²) in [6.07, 6.45) is 1.89. The number of nitrogens with zero attached hydrogens (tertiary/aromatic N) is 1. The second kappa shape index (κ2) is 8.31. The quantitative estimate of drug-likeness (QED) is 0.738. The molecular formula is C19H23FN2O3S2. The van der Waals surface area contributed by atoms with Crippen molar-refractivity contribution in [1.29, 1.82) is 0 Å². The molecule has 1 N–H and O–H groups in total. The average Bonchev–Trinajstić information content (AvgIpc) is 2.58. The van der Waals surface area contributed by atoms with E-state index < -0.39 is 33.8 Å². The summed E-state index contributed by atoms with van der Waals surface area (Å²) in [5, 5.41) is 2.73. The fourth-order valence-electron chi connectivity index (χ4n) is 2.41. The molecule has 27 heavy (non-hydrogen) atoms. The van der Waals surface area contributed by atoms with Crippen molar-refractivity contribution in [2.45, 2.75) is 36.1 Å². The molecule has 146 valence electrons. The third kappa shape index (κ3) is 5.71. The van der Waals surface area contributed by atoms with Crippen LogP contribution >= 0.6 is 11.8 Å². The first-order valence-electron chi connectivity index (χ1n) is 8.26. The van der Waals surface area contributed by atoms with Gasteiger partial charge in [0.05, 0.1) is 10.6 Å². The molecule has 0 saturated heterocycles. The van der Waals surface area contributed by atoms with Crippen molar-refractivity contribution in [3.63, 3.8) is 0 Å². The normalized spacial score (nSPS) is 11.9. The van der Waals surface area contributed by atoms with Crippen LogP contribution in [0.3, 0.4) is 0 Å². The number of halogens is 1. The van der Waals surface area contributed by atoms with E-state index in [1.165, 1.54) is 42.1 Å². The van der Waals surface area contributed by atoms with Gasteiger partial charge in [-0.2, -0.15) is 0 Å². The summed E-state index contributed by atoms with van der Waals surface area (Å²) in [6.45, 7) is 4.94. The number of hydrogen-bond donors (Lipinski definition) is 1. The summed E-state index contributed by atoms with van der Waals surface area (Å²) in [6, 6.07) is 11.5. The zero-order valence-corrected chi connectivity index (χ0v) is 17.3. The molecule has 2 rings (SSSR count). The largest absolute Gasteiger partial charge is 0.350 e. The lowest BCUT2D eigenvalue weighted by molar-refractivity contribution is -0.121. The fraction of sp³-hybridized carbons (Fsp3) is 0.316. The Balaban J connectivity index is 2.45. The van der Waals surface area contributed by atoms with Crippen LogP contribution in [0.2, 0.25) is 0 Å². The predicted octanol–water partition coefficient (Wildman–Crippen LogP) is 3.66. The minimum absolute atomic E-state index is 0.0353. The van der Waals surface area contributed by atoms with Gasteiger partial charge in [-0.05, 0) is 69.5 Å². The molecule has 0 aliphatic heterocycles. The lowest BCUT2D eigenvalue weighted by Crippen LogP contribution is -2.47. The second-order valence-corrected chi connectivity index (χ2v) is 9.71. The minimum Gasteiger partial charge on any atom is -0.350 e. The Morgan fingerprint density at radius 1 is 1.15 bits per heavy atom. The molecule has 0 fully saturated rings. The molecule has 2 aromatic rings. The van der Waals surface area contributed by atoms with Gasteiger partial charge < -0.3 is 5.32 Å². The maximum Gasteiger partial charge on any atom is 0.264 e. The van der Waals surface area contributed by atoms with E-state index in [0.29, 0.717) is 0 Å². The zero-order chi connectivity index (χ0) is 20.2. The van der Waals surface area contributed by atoms with Gasteiger partial charge in [-0.3, -0.25) is 9.10 Å². The number of carbonyl (C=O) groups excluding carboxylic acids is 1. The van der Waals surface area contributed by atoms with Crippen LogP contribution in [-0.2, 0) is 14.8 Å². The summed E-state index contributed by atoms with van der Waals surface area (Å²) in [5.41, 5.74) is -0.429. The molecule has 0 saturated carbocycles. The van der Waals surface area contributed by atoms with E-state index in [1.54, 1.807) is 32.9 Å². The molecule has 1 amide bonds. The third-order valence-corrected chi connectivity index (χ3v) is 6.08. The van der Waals surface area contributed by atoms with Crippen LogP contribution in [0.4, 0.5) is 10.1 Å². The first-order valence-corrected chi connectivity index (χ1v) is 10.9. The number of sulfonamides is 1. The molecule has 2 aromatic carbocycles. The number of amides is 1. The van der Waals surface area contributed by atoms with E-state index in [2.05, 4.69) is 5.32 Å². The van der Waals surface area contributed by atoms with Gasteiger partial charge >= 0.3 is 0 Å². The van der Waals surface area contributed by atoms with E-state index in [0.717, 1.165) is 15.3 Å².